The van der Waals surface area contributed by atoms with Crippen molar-refractivity contribution in [3.05, 3.63) is 114 Å². The largest absolute Gasteiger partial charge is 0.508 e. The molecule has 1 saturated heterocycles. The zero-order chi connectivity index (χ0) is 72.5. The van der Waals surface area contributed by atoms with Crippen LogP contribution in [0.2, 0.25) is 0 Å². The second-order valence-electron chi connectivity index (χ2n) is 20.9. The van der Waals surface area contributed by atoms with Crippen molar-refractivity contribution < 1.29 is 64.7 Å². The van der Waals surface area contributed by atoms with Crippen LogP contribution in [0.25, 0.3) is 10.8 Å². The predicted molar refractivity (Wildman–Crippen MR) is 328 cm³/mol. The van der Waals surface area contributed by atoms with Crippen LogP contribution in [0.15, 0.2) is 97.1 Å². The summed E-state index contributed by atoms with van der Waals surface area (Å²) in [6.45, 7) is -12.8. The van der Waals surface area contributed by atoms with Gasteiger partial charge in [0.25, 0.3) is 0 Å². The number of phenols is 1. The van der Waals surface area contributed by atoms with Gasteiger partial charge in [-0.3, -0.25) is 48.6 Å². The van der Waals surface area contributed by atoms with Crippen LogP contribution in [-0.2, 0) is 62.4 Å². The topological polar surface area (TPSA) is 382 Å². The summed E-state index contributed by atoms with van der Waals surface area (Å²) >= 11 is 0. The Morgan fingerprint density at radius 1 is 0.581 bits per heavy atom. The maximum absolute atomic E-state index is 15.0. The molecule has 466 valence electrons. The van der Waals surface area contributed by atoms with Gasteiger partial charge in [0.1, 0.15) is 48.0 Å². The number of guanidine groups is 1. The first-order chi connectivity index (χ1) is 46.0. The number of unbranched alkanes of at least 4 members (excludes halogenated alkanes) is 2. The molecule has 0 aromatic heterocycles. The van der Waals surface area contributed by atoms with Crippen LogP contribution in [-0.4, -0.2) is 145 Å². The number of hydrogen-bond donors (Lipinski definition) is 15. The average Bonchev–Trinajstić information content (AvgIpc) is 0.941. The van der Waals surface area contributed by atoms with E-state index in [1.807, 2.05) is 18.2 Å². The molecule has 0 radical (unpaired) electrons. The molecule has 1 aliphatic rings. The lowest BCUT2D eigenvalue weighted by Gasteiger charge is -2.27. The minimum Gasteiger partial charge on any atom is -0.508 e. The lowest BCUT2D eigenvalue weighted by atomic mass is 10.00. The number of benzene rings is 4. The Balaban J connectivity index is 1.58. The van der Waals surface area contributed by atoms with Gasteiger partial charge in [-0.2, -0.15) is 0 Å². The molecule has 9 amide bonds. The van der Waals surface area contributed by atoms with Gasteiger partial charge in [0.05, 0.1) is 6.54 Å². The standard InChI is InChI=1S/C62H88N14O10/c1-38(2)66-30-12-10-19-46(55(63)80)72-59(84)49-28-29-53(78)71-51(34-40-15-6-5-7-16-40)60(85)76-52(35-41-23-26-45(77)27-24-41)61(86)74-47(20-11-13-31-67-39(3)4)57(82)73-48(21-14-32-68-62(64)65)58(83)75-50(56(81)69-37-54(79)70-49)36-42-22-25-43-17-8-9-18-44(43)33-42/h5-9,15-18,22-27,33,38-39,46-52,66-67,77H,10-14,19-21,28-32,34-37H2,1-4H3,(H2,63,80)(H,69,81)(H,70,79)(H,71,78)(H,72,84)(H,73,82)(H,74,86)(H,75,83)(H,76,85)(H4,64,65,68)/t46-,47-,48+,49+,50-,51-,52-/m0/s1/i1D3,2D3,3D3,4D3. The number of phenolic OH excluding ortho intramolecular Hbond substituents is 1. The number of carbonyl (C=O) groups excluding carboxylic acids is 9. The number of aromatic hydroxyl groups is 1. The minimum atomic E-state index is -2.94. The molecule has 0 bridgehead atoms. The van der Waals surface area contributed by atoms with E-state index < -0.39 is 160 Å². The van der Waals surface area contributed by atoms with Gasteiger partial charge in [-0.05, 0) is 110 Å². The molecule has 4 aromatic rings. The molecule has 86 heavy (non-hydrogen) atoms. The highest BCUT2D eigenvalue weighted by molar-refractivity contribution is 5.98. The van der Waals surface area contributed by atoms with Crippen LogP contribution >= 0.6 is 0 Å². The predicted octanol–water partition coefficient (Wildman–Crippen LogP) is 0.962. The molecule has 4 aromatic carbocycles. The summed E-state index contributed by atoms with van der Waals surface area (Å²) in [7, 11) is 0. The van der Waals surface area contributed by atoms with Gasteiger partial charge in [0, 0.05) is 60.8 Å². The summed E-state index contributed by atoms with van der Waals surface area (Å²) in [5, 5.41) is 48.0. The van der Waals surface area contributed by atoms with Crippen molar-refractivity contribution in [1.29, 1.82) is 5.41 Å². The number of rotatable bonds is 25. The molecule has 17 N–H and O–H groups in total. The number of nitrogens with one attached hydrogen (secondary N) is 12. The van der Waals surface area contributed by atoms with Crippen LogP contribution in [0.4, 0.5) is 0 Å². The Labute approximate surface area is 519 Å². The maximum atomic E-state index is 15.0. The van der Waals surface area contributed by atoms with Crippen molar-refractivity contribution in [2.24, 2.45) is 11.5 Å². The highest BCUT2D eigenvalue weighted by Crippen LogP contribution is 2.18. The van der Waals surface area contributed by atoms with E-state index in [2.05, 4.69) is 58.5 Å². The van der Waals surface area contributed by atoms with Crippen LogP contribution in [0.5, 0.6) is 5.75 Å². The lowest BCUT2D eigenvalue weighted by molar-refractivity contribution is -0.135. The number of amides is 9. The summed E-state index contributed by atoms with van der Waals surface area (Å²) in [4.78, 5) is 130. The van der Waals surface area contributed by atoms with Gasteiger partial charge in [-0.15, -0.1) is 0 Å². The normalized spacial score (nSPS) is 22.7. The molecule has 1 aliphatic heterocycles. The van der Waals surface area contributed by atoms with Crippen molar-refractivity contribution in [2.75, 3.05) is 26.2 Å². The van der Waals surface area contributed by atoms with Crippen molar-refractivity contribution in [1.82, 2.24) is 58.5 Å². The molecular formula is C62H88N14O10. The molecule has 1 heterocycles. The SMILES string of the molecule is [2H]C([2H])([2H])C(NCCCC[C@H](NC(=O)[C@H]1CCC(=O)N[C@@H](Cc2ccccc2)C(=O)N[C@@H](Cc2ccc(O)cc2)C(=O)N[C@@H](CCCCNC(C([2H])([2H])[2H])C([2H])([2H])[2H])C(=O)N[C@H](CCCNC(=N)N)C(=O)N[C@@H](Cc2ccc3ccccc3c2)C(=O)NCC(=O)N1)C(N)=O)C([2H])([2H])[2H]. The van der Waals surface area contributed by atoms with Crippen molar-refractivity contribution >= 4 is 69.9 Å². The van der Waals surface area contributed by atoms with E-state index in [9.17, 15) is 48.3 Å². The fourth-order valence-corrected chi connectivity index (χ4v) is 9.45. The van der Waals surface area contributed by atoms with E-state index >= 15 is 0 Å². The molecule has 7 atom stereocenters. The Kier molecular flexibility index (Phi) is 21.4. The van der Waals surface area contributed by atoms with Gasteiger partial charge < -0.3 is 75.1 Å². The Bertz CT molecular complexity index is 3340. The fraction of sp³-hybridized carbons (Fsp3) is 0.484. The third kappa shape index (κ3) is 24.5. The first-order valence-corrected chi connectivity index (χ1v) is 28.5. The molecule has 1 fully saturated rings. The van der Waals surface area contributed by atoms with E-state index in [1.165, 1.54) is 24.3 Å². The number of nitrogens with two attached hydrogens (primary N) is 2. The van der Waals surface area contributed by atoms with E-state index in [1.54, 1.807) is 54.6 Å². The van der Waals surface area contributed by atoms with Crippen LogP contribution in [0.3, 0.4) is 0 Å². The quantitative estimate of drug-likeness (QED) is 0.0250. The molecule has 5 rings (SSSR count). The van der Waals surface area contributed by atoms with E-state index in [0.717, 1.165) is 10.8 Å². The molecule has 0 spiro atoms. The third-order valence-electron chi connectivity index (χ3n) is 14.0. The van der Waals surface area contributed by atoms with E-state index in [0.29, 0.717) is 16.7 Å². The van der Waals surface area contributed by atoms with Gasteiger partial charge in [-0.25, -0.2) is 0 Å². The molecule has 24 nitrogen and oxygen atoms in total. The van der Waals surface area contributed by atoms with Crippen molar-refractivity contribution in [3.8, 4) is 5.75 Å². The minimum absolute atomic E-state index is 0.00256. The van der Waals surface area contributed by atoms with Crippen LogP contribution < -0.4 is 70.0 Å². The van der Waals surface area contributed by atoms with Gasteiger partial charge in [0.15, 0.2) is 5.96 Å². The molecular weight excluding hydrogens is 1100 g/mol. The summed E-state index contributed by atoms with van der Waals surface area (Å²) in [5.41, 5.74) is 12.7. The van der Waals surface area contributed by atoms with Gasteiger partial charge >= 0.3 is 0 Å². The second kappa shape index (κ2) is 35.6. The second-order valence-corrected chi connectivity index (χ2v) is 20.9. The number of primary amides is 1. The summed E-state index contributed by atoms with van der Waals surface area (Å²) in [5.74, 6) is -9.35. The number of hydrogen-bond acceptors (Lipinski definition) is 13. The fourth-order valence-electron chi connectivity index (χ4n) is 9.45. The number of fused-ring (bicyclic) bond motifs is 1. The molecule has 0 unspecified atom stereocenters. The van der Waals surface area contributed by atoms with E-state index in [4.69, 9.17) is 33.3 Å². The average molecular weight is 1200 g/mol. The highest BCUT2D eigenvalue weighted by Gasteiger charge is 2.34. The van der Waals surface area contributed by atoms with E-state index in [-0.39, 0.29) is 96.0 Å². The zero-order valence-electron chi connectivity index (χ0n) is 59.7. The zero-order valence-corrected chi connectivity index (χ0v) is 47.7. The Morgan fingerprint density at radius 3 is 1.72 bits per heavy atom. The smallest absolute Gasteiger partial charge is 0.243 e. The highest BCUT2D eigenvalue weighted by atomic mass is 16.3. The molecule has 24 heteroatoms. The first-order valence-electron chi connectivity index (χ1n) is 34.5. The summed E-state index contributed by atoms with van der Waals surface area (Å²) < 4.78 is 92.9. The van der Waals surface area contributed by atoms with Gasteiger partial charge in [-0.1, -0.05) is 112 Å². The maximum Gasteiger partial charge on any atom is 0.243 e. The molecule has 0 aliphatic carbocycles. The van der Waals surface area contributed by atoms with Crippen LogP contribution in [0.1, 0.15) is 125 Å². The summed E-state index contributed by atoms with van der Waals surface area (Å²) in [6, 6.07) is 11.8. The Morgan fingerprint density at radius 2 is 1.10 bits per heavy atom. The third-order valence-corrected chi connectivity index (χ3v) is 14.0. The summed E-state index contributed by atoms with van der Waals surface area (Å²) in [6.07, 6.45) is -2.23. The first kappa shape index (κ1) is 51.8. The van der Waals surface area contributed by atoms with Crippen molar-refractivity contribution in [3.63, 3.8) is 0 Å². The molecule has 0 saturated carbocycles. The lowest BCUT2D eigenvalue weighted by Crippen LogP contribution is -2.60. The number of carbonyl (C=O) groups is 9. The van der Waals surface area contributed by atoms with Gasteiger partial charge in [0.2, 0.25) is 53.2 Å². The Hall–Kier alpha value is -8.64. The van der Waals surface area contributed by atoms with Crippen molar-refractivity contribution in [2.45, 2.75) is 165 Å². The monoisotopic (exact) mass is 1200 g/mol. The van der Waals surface area contributed by atoms with Crippen LogP contribution in [0, 0.1) is 5.41 Å².